The molecular formula is C10H17NO. The summed E-state index contributed by atoms with van der Waals surface area (Å²) in [4.78, 5) is 4.07. The first-order valence-electron chi connectivity index (χ1n) is 4.82. The molecule has 68 valence electrons. The summed E-state index contributed by atoms with van der Waals surface area (Å²) >= 11 is 0. The van der Waals surface area contributed by atoms with Crippen LogP contribution in [0.2, 0.25) is 0 Å². The monoisotopic (exact) mass is 167 g/mol. The first-order chi connectivity index (χ1) is 5.93. The fraction of sp³-hybridized carbons (Fsp3) is 0.700. The Labute approximate surface area is 74.0 Å². The van der Waals surface area contributed by atoms with Crippen LogP contribution in [0.25, 0.3) is 0 Å². The van der Waals surface area contributed by atoms with Crippen LogP contribution >= 0.6 is 0 Å². The SMILES string of the molecule is CCCCCCCc1ncco1. The molecule has 0 fully saturated rings. The highest BCUT2D eigenvalue weighted by atomic mass is 16.3. The number of oxazole rings is 1. The first-order valence-corrected chi connectivity index (χ1v) is 4.82. The average molecular weight is 167 g/mol. The van der Waals surface area contributed by atoms with Crippen LogP contribution in [0.15, 0.2) is 16.9 Å². The van der Waals surface area contributed by atoms with Gasteiger partial charge in [0.05, 0.1) is 6.20 Å². The summed E-state index contributed by atoms with van der Waals surface area (Å²) in [7, 11) is 0. The number of aryl methyl sites for hydroxylation is 1. The highest BCUT2D eigenvalue weighted by Gasteiger charge is 1.95. The highest BCUT2D eigenvalue weighted by molar-refractivity contribution is 4.79. The van der Waals surface area contributed by atoms with Gasteiger partial charge in [0, 0.05) is 6.42 Å². The Kier molecular flexibility index (Phi) is 4.50. The van der Waals surface area contributed by atoms with Crippen molar-refractivity contribution >= 4 is 0 Å². The van der Waals surface area contributed by atoms with Crippen LogP contribution in [-0.4, -0.2) is 4.98 Å². The minimum Gasteiger partial charge on any atom is -0.449 e. The second-order valence-electron chi connectivity index (χ2n) is 3.09. The van der Waals surface area contributed by atoms with Gasteiger partial charge in [-0.3, -0.25) is 0 Å². The average Bonchev–Trinajstić information content (AvgIpc) is 2.57. The van der Waals surface area contributed by atoms with Crippen LogP contribution in [0, 0.1) is 0 Å². The van der Waals surface area contributed by atoms with E-state index >= 15 is 0 Å². The summed E-state index contributed by atoms with van der Waals surface area (Å²) in [5.41, 5.74) is 0. The van der Waals surface area contributed by atoms with Crippen molar-refractivity contribution in [2.45, 2.75) is 45.4 Å². The van der Waals surface area contributed by atoms with Gasteiger partial charge in [-0.05, 0) is 6.42 Å². The molecule has 1 aromatic heterocycles. The fourth-order valence-corrected chi connectivity index (χ4v) is 1.26. The van der Waals surface area contributed by atoms with Crippen molar-refractivity contribution in [3.05, 3.63) is 18.4 Å². The van der Waals surface area contributed by atoms with Crippen LogP contribution < -0.4 is 0 Å². The van der Waals surface area contributed by atoms with Gasteiger partial charge in [-0.1, -0.05) is 32.6 Å². The Bertz CT molecular complexity index is 182. The molecule has 0 saturated carbocycles. The highest BCUT2D eigenvalue weighted by Crippen LogP contribution is 2.06. The number of nitrogens with zero attached hydrogens (tertiary/aromatic N) is 1. The maximum atomic E-state index is 5.13. The van der Waals surface area contributed by atoms with Gasteiger partial charge in [0.25, 0.3) is 0 Å². The van der Waals surface area contributed by atoms with Gasteiger partial charge in [0.2, 0.25) is 0 Å². The van der Waals surface area contributed by atoms with Gasteiger partial charge >= 0.3 is 0 Å². The third-order valence-corrected chi connectivity index (χ3v) is 1.98. The molecule has 0 spiro atoms. The van der Waals surface area contributed by atoms with E-state index in [-0.39, 0.29) is 0 Å². The summed E-state index contributed by atoms with van der Waals surface area (Å²) in [5.74, 6) is 0.881. The van der Waals surface area contributed by atoms with E-state index in [4.69, 9.17) is 4.42 Å². The third-order valence-electron chi connectivity index (χ3n) is 1.98. The van der Waals surface area contributed by atoms with Crippen LogP contribution in [0.4, 0.5) is 0 Å². The molecule has 0 aromatic carbocycles. The molecule has 0 aliphatic carbocycles. The molecule has 0 unspecified atom stereocenters. The van der Waals surface area contributed by atoms with Crippen LogP contribution in [0.3, 0.4) is 0 Å². The zero-order valence-corrected chi connectivity index (χ0v) is 7.75. The maximum absolute atomic E-state index is 5.13. The maximum Gasteiger partial charge on any atom is 0.193 e. The summed E-state index contributed by atoms with van der Waals surface area (Å²) in [5, 5.41) is 0. The smallest absolute Gasteiger partial charge is 0.193 e. The van der Waals surface area contributed by atoms with Crippen molar-refractivity contribution in [3.8, 4) is 0 Å². The number of unbranched alkanes of at least 4 members (excludes halogenated alkanes) is 4. The third kappa shape index (κ3) is 3.56. The van der Waals surface area contributed by atoms with E-state index in [1.54, 1.807) is 12.5 Å². The number of aromatic nitrogens is 1. The Morgan fingerprint density at radius 1 is 1.25 bits per heavy atom. The predicted molar refractivity (Wildman–Crippen MR) is 49.0 cm³/mol. The van der Waals surface area contributed by atoms with E-state index in [1.165, 1.54) is 32.1 Å². The molecular weight excluding hydrogens is 150 g/mol. The van der Waals surface area contributed by atoms with Crippen molar-refractivity contribution in [1.82, 2.24) is 4.98 Å². The predicted octanol–water partition coefficient (Wildman–Crippen LogP) is 3.19. The van der Waals surface area contributed by atoms with Crippen molar-refractivity contribution in [1.29, 1.82) is 0 Å². The number of hydrogen-bond acceptors (Lipinski definition) is 2. The molecule has 0 aliphatic rings. The van der Waals surface area contributed by atoms with Crippen molar-refractivity contribution in [2.24, 2.45) is 0 Å². The van der Waals surface area contributed by atoms with Crippen LogP contribution in [0.1, 0.15) is 44.9 Å². The Balaban J connectivity index is 1.96. The quantitative estimate of drug-likeness (QED) is 0.608. The summed E-state index contributed by atoms with van der Waals surface area (Å²) in [6.07, 6.45) is 10.9. The Morgan fingerprint density at radius 2 is 2.08 bits per heavy atom. The lowest BCUT2D eigenvalue weighted by Crippen LogP contribution is -1.85. The zero-order valence-electron chi connectivity index (χ0n) is 7.75. The van der Waals surface area contributed by atoms with E-state index in [1.807, 2.05) is 0 Å². The molecule has 0 N–H and O–H groups in total. The van der Waals surface area contributed by atoms with Gasteiger partial charge in [0.1, 0.15) is 6.26 Å². The Hall–Kier alpha value is -0.790. The topological polar surface area (TPSA) is 26.0 Å². The van der Waals surface area contributed by atoms with Crippen molar-refractivity contribution in [2.75, 3.05) is 0 Å². The van der Waals surface area contributed by atoms with Gasteiger partial charge in [0.15, 0.2) is 5.89 Å². The summed E-state index contributed by atoms with van der Waals surface area (Å²) < 4.78 is 5.13. The van der Waals surface area contributed by atoms with E-state index in [0.29, 0.717) is 0 Å². The van der Waals surface area contributed by atoms with Crippen molar-refractivity contribution < 1.29 is 4.42 Å². The fourth-order valence-electron chi connectivity index (χ4n) is 1.26. The molecule has 0 atom stereocenters. The van der Waals surface area contributed by atoms with Gasteiger partial charge < -0.3 is 4.42 Å². The van der Waals surface area contributed by atoms with E-state index in [2.05, 4.69) is 11.9 Å². The molecule has 2 heteroatoms. The lowest BCUT2D eigenvalue weighted by atomic mass is 10.1. The molecule has 1 aromatic rings. The lowest BCUT2D eigenvalue weighted by molar-refractivity contribution is 0.479. The largest absolute Gasteiger partial charge is 0.449 e. The van der Waals surface area contributed by atoms with Gasteiger partial charge in [-0.2, -0.15) is 0 Å². The molecule has 0 saturated heterocycles. The van der Waals surface area contributed by atoms with E-state index < -0.39 is 0 Å². The first kappa shape index (κ1) is 9.30. The lowest BCUT2D eigenvalue weighted by Gasteiger charge is -1.96. The standard InChI is InChI=1S/C10H17NO/c1-2-3-4-5-6-7-10-11-8-9-12-10/h8-9H,2-7H2,1H3. The van der Waals surface area contributed by atoms with E-state index in [9.17, 15) is 0 Å². The second kappa shape index (κ2) is 5.81. The summed E-state index contributed by atoms with van der Waals surface area (Å²) in [6, 6.07) is 0. The van der Waals surface area contributed by atoms with E-state index in [0.717, 1.165) is 12.3 Å². The van der Waals surface area contributed by atoms with Gasteiger partial charge in [-0.15, -0.1) is 0 Å². The molecule has 0 bridgehead atoms. The zero-order chi connectivity index (χ0) is 8.65. The molecule has 12 heavy (non-hydrogen) atoms. The molecule has 1 heterocycles. The molecule has 0 radical (unpaired) electrons. The van der Waals surface area contributed by atoms with Crippen LogP contribution in [-0.2, 0) is 6.42 Å². The molecule has 0 amide bonds. The van der Waals surface area contributed by atoms with Crippen LogP contribution in [0.5, 0.6) is 0 Å². The minimum absolute atomic E-state index is 0.881. The normalized spacial score (nSPS) is 10.4. The second-order valence-corrected chi connectivity index (χ2v) is 3.09. The number of hydrogen-bond donors (Lipinski definition) is 0. The van der Waals surface area contributed by atoms with Crippen molar-refractivity contribution in [3.63, 3.8) is 0 Å². The minimum atomic E-state index is 0.881. The molecule has 1 rings (SSSR count). The Morgan fingerprint density at radius 3 is 2.75 bits per heavy atom. The number of rotatable bonds is 6. The molecule has 0 aliphatic heterocycles. The molecule has 2 nitrogen and oxygen atoms in total. The van der Waals surface area contributed by atoms with Gasteiger partial charge in [-0.25, -0.2) is 4.98 Å². The summed E-state index contributed by atoms with van der Waals surface area (Å²) in [6.45, 7) is 2.23.